The van der Waals surface area contributed by atoms with Gasteiger partial charge in [0.05, 0.1) is 18.0 Å². The molecule has 0 aliphatic heterocycles. The standard InChI is InChI=1S/C19H20N4O6/c1-2-29-16(24)11-14(12-6-8-13(9-7-12)23(27)28)17(18(20)25)22-19(26)15-5-3-4-10-21-15/h3-10,14,17H,2,11H2,1H3,(H2,20,25)(H,22,26)/t14-,17+/m1/s1. The third-order valence-electron chi connectivity index (χ3n) is 4.12. The summed E-state index contributed by atoms with van der Waals surface area (Å²) in [6.45, 7) is 1.76. The fraction of sp³-hybridized carbons (Fsp3) is 0.263. The Hall–Kier alpha value is -3.82. The van der Waals surface area contributed by atoms with Gasteiger partial charge in [-0.05, 0) is 24.6 Å². The van der Waals surface area contributed by atoms with Crippen LogP contribution in [0, 0.1) is 10.1 Å². The van der Waals surface area contributed by atoms with E-state index in [1.165, 1.54) is 36.5 Å². The second-order valence-corrected chi connectivity index (χ2v) is 6.03. The molecule has 0 aliphatic rings. The highest BCUT2D eigenvalue weighted by Gasteiger charge is 2.32. The normalized spacial score (nSPS) is 12.4. The number of nitro groups is 1. The number of esters is 1. The molecule has 3 N–H and O–H groups in total. The van der Waals surface area contributed by atoms with Crippen molar-refractivity contribution in [2.45, 2.75) is 25.3 Å². The van der Waals surface area contributed by atoms with Gasteiger partial charge in [0, 0.05) is 24.2 Å². The number of primary amides is 1. The van der Waals surface area contributed by atoms with Gasteiger partial charge in [-0.25, -0.2) is 0 Å². The largest absolute Gasteiger partial charge is 0.466 e. The number of benzene rings is 1. The molecule has 0 unspecified atom stereocenters. The average Bonchev–Trinajstić information content (AvgIpc) is 2.71. The maximum absolute atomic E-state index is 12.5. The van der Waals surface area contributed by atoms with Crippen molar-refractivity contribution in [3.05, 3.63) is 70.0 Å². The highest BCUT2D eigenvalue weighted by molar-refractivity contribution is 5.96. The molecule has 1 aromatic heterocycles. The molecule has 29 heavy (non-hydrogen) atoms. The van der Waals surface area contributed by atoms with Crippen LogP contribution >= 0.6 is 0 Å². The Morgan fingerprint density at radius 3 is 2.41 bits per heavy atom. The van der Waals surface area contributed by atoms with Crippen LogP contribution < -0.4 is 11.1 Å². The average molecular weight is 400 g/mol. The molecule has 0 spiro atoms. The van der Waals surface area contributed by atoms with Crippen LogP contribution in [-0.2, 0) is 14.3 Å². The van der Waals surface area contributed by atoms with Gasteiger partial charge in [-0.15, -0.1) is 0 Å². The molecule has 2 aromatic rings. The molecule has 0 fully saturated rings. The molecule has 0 saturated carbocycles. The molecule has 10 heteroatoms. The van der Waals surface area contributed by atoms with Crippen molar-refractivity contribution in [2.24, 2.45) is 5.73 Å². The van der Waals surface area contributed by atoms with Gasteiger partial charge in [0.15, 0.2) is 0 Å². The van der Waals surface area contributed by atoms with E-state index in [-0.39, 0.29) is 24.4 Å². The molecule has 0 aliphatic carbocycles. The van der Waals surface area contributed by atoms with Gasteiger partial charge in [-0.2, -0.15) is 0 Å². The van der Waals surface area contributed by atoms with Gasteiger partial charge in [0.25, 0.3) is 11.6 Å². The zero-order chi connectivity index (χ0) is 21.4. The van der Waals surface area contributed by atoms with Crippen LogP contribution in [0.5, 0.6) is 0 Å². The maximum Gasteiger partial charge on any atom is 0.306 e. The van der Waals surface area contributed by atoms with Crippen molar-refractivity contribution in [3.8, 4) is 0 Å². The summed E-state index contributed by atoms with van der Waals surface area (Å²) in [6.07, 6.45) is 1.16. The fourth-order valence-corrected chi connectivity index (χ4v) is 2.75. The lowest BCUT2D eigenvalue weighted by Gasteiger charge is -2.25. The second kappa shape index (κ2) is 9.93. The SMILES string of the molecule is CCOC(=O)C[C@H](c1ccc([N+](=O)[O-])cc1)[C@H](NC(=O)c1ccccn1)C(N)=O. The van der Waals surface area contributed by atoms with Crippen LogP contribution in [-0.4, -0.2) is 40.3 Å². The summed E-state index contributed by atoms with van der Waals surface area (Å²) in [6, 6.07) is 8.72. The number of nitro benzene ring substituents is 1. The molecule has 0 saturated heterocycles. The first-order valence-electron chi connectivity index (χ1n) is 8.74. The maximum atomic E-state index is 12.5. The molecule has 2 atom stereocenters. The molecular formula is C19H20N4O6. The number of aromatic nitrogens is 1. The number of carbonyl (C=O) groups is 3. The lowest BCUT2D eigenvalue weighted by atomic mass is 9.87. The lowest BCUT2D eigenvalue weighted by molar-refractivity contribution is -0.384. The molecule has 10 nitrogen and oxygen atoms in total. The van der Waals surface area contributed by atoms with Crippen molar-refractivity contribution < 1.29 is 24.0 Å². The Bertz CT molecular complexity index is 885. The summed E-state index contributed by atoms with van der Waals surface area (Å²) in [5.41, 5.74) is 5.82. The van der Waals surface area contributed by atoms with Gasteiger partial charge < -0.3 is 15.8 Å². The number of carbonyl (C=O) groups excluding carboxylic acids is 3. The monoisotopic (exact) mass is 400 g/mol. The van der Waals surface area contributed by atoms with Crippen LogP contribution in [0.25, 0.3) is 0 Å². The Labute approximate surface area is 166 Å². The second-order valence-electron chi connectivity index (χ2n) is 6.03. The summed E-state index contributed by atoms with van der Waals surface area (Å²) in [5.74, 6) is -3.01. The van der Waals surface area contributed by atoms with Crippen LogP contribution in [0.1, 0.15) is 35.3 Å². The van der Waals surface area contributed by atoms with Crippen molar-refractivity contribution in [3.63, 3.8) is 0 Å². The zero-order valence-corrected chi connectivity index (χ0v) is 15.6. The van der Waals surface area contributed by atoms with Crippen LogP contribution in [0.4, 0.5) is 5.69 Å². The number of amides is 2. The quantitative estimate of drug-likeness (QED) is 0.365. The number of nitrogens with two attached hydrogens (primary N) is 1. The minimum Gasteiger partial charge on any atom is -0.466 e. The lowest BCUT2D eigenvalue weighted by Crippen LogP contribution is -2.49. The molecule has 152 valence electrons. The number of hydrogen-bond acceptors (Lipinski definition) is 7. The van der Waals surface area contributed by atoms with Crippen molar-refractivity contribution in [2.75, 3.05) is 6.61 Å². The Kier molecular flexibility index (Phi) is 7.35. The zero-order valence-electron chi connectivity index (χ0n) is 15.6. The Balaban J connectivity index is 2.36. The van der Waals surface area contributed by atoms with Crippen molar-refractivity contribution in [1.82, 2.24) is 10.3 Å². The Morgan fingerprint density at radius 2 is 1.90 bits per heavy atom. The first kappa shape index (κ1) is 21.5. The predicted octanol–water partition coefficient (Wildman–Crippen LogP) is 1.31. The minimum atomic E-state index is -1.27. The highest BCUT2D eigenvalue weighted by Crippen LogP contribution is 2.27. The number of rotatable bonds is 9. The van der Waals surface area contributed by atoms with E-state index in [1.807, 2.05) is 0 Å². The first-order valence-corrected chi connectivity index (χ1v) is 8.74. The molecule has 1 heterocycles. The van der Waals surface area contributed by atoms with Crippen molar-refractivity contribution in [1.29, 1.82) is 0 Å². The van der Waals surface area contributed by atoms with Crippen LogP contribution in [0.2, 0.25) is 0 Å². The smallest absolute Gasteiger partial charge is 0.306 e. The molecule has 0 radical (unpaired) electrons. The first-order chi connectivity index (χ1) is 13.8. The predicted molar refractivity (Wildman–Crippen MR) is 102 cm³/mol. The number of nitrogens with one attached hydrogen (secondary N) is 1. The third kappa shape index (κ3) is 5.83. The fourth-order valence-electron chi connectivity index (χ4n) is 2.75. The van der Waals surface area contributed by atoms with E-state index in [4.69, 9.17) is 10.5 Å². The van der Waals surface area contributed by atoms with E-state index in [9.17, 15) is 24.5 Å². The summed E-state index contributed by atoms with van der Waals surface area (Å²) in [7, 11) is 0. The highest BCUT2D eigenvalue weighted by atomic mass is 16.6. The molecule has 2 rings (SSSR count). The number of ether oxygens (including phenoxy) is 1. The van der Waals surface area contributed by atoms with Crippen LogP contribution in [0.3, 0.4) is 0 Å². The van der Waals surface area contributed by atoms with E-state index in [0.29, 0.717) is 5.56 Å². The number of nitrogens with zero attached hydrogens (tertiary/aromatic N) is 2. The topological polar surface area (TPSA) is 155 Å². The van der Waals surface area contributed by atoms with Crippen LogP contribution in [0.15, 0.2) is 48.7 Å². The number of non-ortho nitro benzene ring substituents is 1. The van der Waals surface area contributed by atoms with E-state index in [2.05, 4.69) is 10.3 Å². The van der Waals surface area contributed by atoms with Gasteiger partial charge in [0.1, 0.15) is 11.7 Å². The number of hydrogen-bond donors (Lipinski definition) is 2. The van der Waals surface area contributed by atoms with Crippen molar-refractivity contribution >= 4 is 23.5 Å². The molecular weight excluding hydrogens is 380 g/mol. The Morgan fingerprint density at radius 1 is 1.21 bits per heavy atom. The van der Waals surface area contributed by atoms with E-state index < -0.39 is 34.7 Å². The molecule has 1 aromatic carbocycles. The van der Waals surface area contributed by atoms with E-state index in [0.717, 1.165) is 0 Å². The van der Waals surface area contributed by atoms with E-state index >= 15 is 0 Å². The van der Waals surface area contributed by atoms with E-state index in [1.54, 1.807) is 19.1 Å². The summed E-state index contributed by atoms with van der Waals surface area (Å²) in [4.78, 5) is 50.9. The third-order valence-corrected chi connectivity index (χ3v) is 4.12. The minimum absolute atomic E-state index is 0.0670. The van der Waals surface area contributed by atoms with Gasteiger partial charge in [-0.3, -0.25) is 29.5 Å². The summed E-state index contributed by atoms with van der Waals surface area (Å²) < 4.78 is 4.95. The molecule has 0 bridgehead atoms. The van der Waals surface area contributed by atoms with Gasteiger partial charge >= 0.3 is 5.97 Å². The molecule has 2 amide bonds. The summed E-state index contributed by atoms with van der Waals surface area (Å²) >= 11 is 0. The summed E-state index contributed by atoms with van der Waals surface area (Å²) in [5, 5.41) is 13.4. The number of pyridine rings is 1. The van der Waals surface area contributed by atoms with Gasteiger partial charge in [-0.1, -0.05) is 18.2 Å². The van der Waals surface area contributed by atoms with Gasteiger partial charge in [0.2, 0.25) is 5.91 Å².